The molecule has 0 radical (unpaired) electrons. The number of nitrogens with one attached hydrogen (secondary N) is 1. The Morgan fingerprint density at radius 2 is 1.63 bits per heavy atom. The van der Waals surface area contributed by atoms with Gasteiger partial charge in [0.1, 0.15) is 6.61 Å². The fraction of sp³-hybridized carbons (Fsp3) is 0.368. The molecule has 0 unspecified atom stereocenters. The van der Waals surface area contributed by atoms with Crippen LogP contribution >= 0.6 is 23.2 Å². The van der Waals surface area contributed by atoms with E-state index in [0.29, 0.717) is 27.3 Å². The van der Waals surface area contributed by atoms with Crippen LogP contribution in [-0.4, -0.2) is 45.6 Å². The summed E-state index contributed by atoms with van der Waals surface area (Å²) < 4.78 is 33.3. The van der Waals surface area contributed by atoms with Gasteiger partial charge in [-0.2, -0.15) is 0 Å². The SMILES string of the molecule is O=S(=O)(NC1CCN(CCOc2c(Cl)cccc2Cl)CC1)c1ccccc1. The monoisotopic (exact) mass is 428 g/mol. The maximum atomic E-state index is 12.4. The van der Waals surface area contributed by atoms with E-state index < -0.39 is 10.0 Å². The van der Waals surface area contributed by atoms with Crippen molar-refractivity contribution in [2.24, 2.45) is 0 Å². The van der Waals surface area contributed by atoms with Gasteiger partial charge in [0.25, 0.3) is 0 Å². The van der Waals surface area contributed by atoms with Crippen LogP contribution in [0.25, 0.3) is 0 Å². The quantitative estimate of drug-likeness (QED) is 0.727. The lowest BCUT2D eigenvalue weighted by molar-refractivity contribution is 0.170. The molecule has 0 saturated carbocycles. The number of halogens is 2. The molecule has 8 heteroatoms. The first kappa shape index (κ1) is 20.4. The van der Waals surface area contributed by atoms with Crippen LogP contribution in [0, 0.1) is 0 Å². The Hall–Kier alpha value is -1.31. The first-order valence-corrected chi connectivity index (χ1v) is 11.1. The molecule has 0 amide bonds. The highest BCUT2D eigenvalue weighted by Crippen LogP contribution is 2.32. The van der Waals surface area contributed by atoms with E-state index in [1.165, 1.54) is 0 Å². The first-order valence-electron chi connectivity index (χ1n) is 8.82. The van der Waals surface area contributed by atoms with E-state index in [9.17, 15) is 8.42 Å². The van der Waals surface area contributed by atoms with Crippen molar-refractivity contribution in [2.75, 3.05) is 26.2 Å². The van der Waals surface area contributed by atoms with E-state index in [1.54, 1.807) is 48.5 Å². The number of para-hydroxylation sites is 1. The number of hydrogen-bond acceptors (Lipinski definition) is 4. The van der Waals surface area contributed by atoms with Gasteiger partial charge < -0.3 is 4.74 Å². The van der Waals surface area contributed by atoms with Gasteiger partial charge in [0, 0.05) is 12.6 Å². The normalized spacial score (nSPS) is 16.4. The summed E-state index contributed by atoms with van der Waals surface area (Å²) in [7, 11) is -3.46. The highest BCUT2D eigenvalue weighted by Gasteiger charge is 2.24. The highest BCUT2D eigenvalue weighted by molar-refractivity contribution is 7.89. The van der Waals surface area contributed by atoms with Gasteiger partial charge in [0.05, 0.1) is 14.9 Å². The predicted molar refractivity (Wildman–Crippen MR) is 108 cm³/mol. The molecule has 5 nitrogen and oxygen atoms in total. The molecule has 2 aromatic rings. The van der Waals surface area contributed by atoms with Gasteiger partial charge >= 0.3 is 0 Å². The number of benzene rings is 2. The molecule has 0 spiro atoms. The third-order valence-corrected chi connectivity index (χ3v) is 6.67. The first-order chi connectivity index (χ1) is 13.0. The molecule has 1 saturated heterocycles. The number of nitrogens with zero attached hydrogens (tertiary/aromatic N) is 1. The van der Waals surface area contributed by atoms with Gasteiger partial charge in [-0.1, -0.05) is 47.5 Å². The van der Waals surface area contributed by atoms with E-state index in [1.807, 2.05) is 0 Å². The van der Waals surface area contributed by atoms with Crippen LogP contribution in [0.1, 0.15) is 12.8 Å². The van der Waals surface area contributed by atoms with Gasteiger partial charge in [-0.25, -0.2) is 13.1 Å². The molecule has 0 aliphatic carbocycles. The summed E-state index contributed by atoms with van der Waals surface area (Å²) >= 11 is 12.2. The van der Waals surface area contributed by atoms with Crippen LogP contribution in [0.3, 0.4) is 0 Å². The largest absolute Gasteiger partial charge is 0.489 e. The Balaban J connectivity index is 1.44. The smallest absolute Gasteiger partial charge is 0.240 e. The number of rotatable bonds is 7. The summed E-state index contributed by atoms with van der Waals surface area (Å²) in [6.45, 7) is 2.83. The van der Waals surface area contributed by atoms with Crippen LogP contribution in [0.2, 0.25) is 10.0 Å². The Morgan fingerprint density at radius 1 is 1.00 bits per heavy atom. The molecule has 27 heavy (non-hydrogen) atoms. The van der Waals surface area contributed by atoms with Crippen molar-refractivity contribution in [1.82, 2.24) is 9.62 Å². The van der Waals surface area contributed by atoms with Crippen molar-refractivity contribution in [2.45, 2.75) is 23.8 Å². The minimum atomic E-state index is -3.46. The maximum absolute atomic E-state index is 12.4. The molecule has 1 fully saturated rings. The van der Waals surface area contributed by atoms with Gasteiger partial charge in [-0.3, -0.25) is 4.90 Å². The molecule has 0 aromatic heterocycles. The molecule has 1 aliphatic rings. The van der Waals surface area contributed by atoms with E-state index in [4.69, 9.17) is 27.9 Å². The van der Waals surface area contributed by atoms with Gasteiger partial charge in [-0.15, -0.1) is 0 Å². The predicted octanol–water partition coefficient (Wildman–Crippen LogP) is 3.82. The third-order valence-electron chi connectivity index (χ3n) is 4.54. The van der Waals surface area contributed by atoms with E-state index in [2.05, 4.69) is 9.62 Å². The molecule has 0 atom stereocenters. The Morgan fingerprint density at radius 3 is 2.26 bits per heavy atom. The molecule has 1 heterocycles. The van der Waals surface area contributed by atoms with Crippen molar-refractivity contribution < 1.29 is 13.2 Å². The molecule has 2 aromatic carbocycles. The Labute approximate surface area is 170 Å². The highest BCUT2D eigenvalue weighted by atomic mass is 35.5. The standard InChI is InChI=1S/C19H22Cl2N2O3S/c20-17-7-4-8-18(21)19(17)26-14-13-23-11-9-15(10-12-23)22-27(24,25)16-5-2-1-3-6-16/h1-8,15,22H,9-14H2. The molecule has 3 rings (SSSR count). The number of piperidine rings is 1. The zero-order chi connectivity index (χ0) is 19.3. The fourth-order valence-electron chi connectivity index (χ4n) is 3.06. The van der Waals surface area contributed by atoms with Crippen LogP contribution in [0.5, 0.6) is 5.75 Å². The summed E-state index contributed by atoms with van der Waals surface area (Å²) in [5, 5.41) is 0.994. The van der Waals surface area contributed by atoms with Crippen LogP contribution < -0.4 is 9.46 Å². The van der Waals surface area contributed by atoms with E-state index in [0.717, 1.165) is 32.5 Å². The summed E-state index contributed by atoms with van der Waals surface area (Å²) in [5.41, 5.74) is 0. The average Bonchev–Trinajstić information content (AvgIpc) is 2.66. The second kappa shape index (κ2) is 9.26. The lowest BCUT2D eigenvalue weighted by atomic mass is 10.1. The number of sulfonamides is 1. The van der Waals surface area contributed by atoms with Crippen molar-refractivity contribution >= 4 is 33.2 Å². The van der Waals surface area contributed by atoms with Crippen molar-refractivity contribution in [1.29, 1.82) is 0 Å². The van der Waals surface area contributed by atoms with Crippen LogP contribution in [-0.2, 0) is 10.0 Å². The van der Waals surface area contributed by atoms with E-state index >= 15 is 0 Å². The van der Waals surface area contributed by atoms with Gasteiger partial charge in [0.2, 0.25) is 10.0 Å². The molecule has 0 bridgehead atoms. The Kier molecular flexibility index (Phi) is 7.00. The van der Waals surface area contributed by atoms with Crippen molar-refractivity contribution in [3.05, 3.63) is 58.6 Å². The molecule has 146 valence electrons. The maximum Gasteiger partial charge on any atom is 0.240 e. The lowest BCUT2D eigenvalue weighted by Crippen LogP contribution is -2.45. The topological polar surface area (TPSA) is 58.6 Å². The average molecular weight is 429 g/mol. The van der Waals surface area contributed by atoms with Crippen molar-refractivity contribution in [3.8, 4) is 5.75 Å². The summed E-state index contributed by atoms with van der Waals surface area (Å²) in [6.07, 6.45) is 1.53. The minimum absolute atomic E-state index is 0.0506. The van der Waals surface area contributed by atoms with Gasteiger partial charge in [0.15, 0.2) is 5.75 Å². The van der Waals surface area contributed by atoms with Crippen LogP contribution in [0.15, 0.2) is 53.4 Å². The molecular weight excluding hydrogens is 407 g/mol. The fourth-order valence-corrected chi connectivity index (χ4v) is 4.89. The number of hydrogen-bond donors (Lipinski definition) is 1. The van der Waals surface area contributed by atoms with Crippen molar-refractivity contribution in [3.63, 3.8) is 0 Å². The zero-order valence-electron chi connectivity index (χ0n) is 14.8. The molecule has 1 aliphatic heterocycles. The summed E-state index contributed by atoms with van der Waals surface area (Å²) in [6, 6.07) is 13.7. The number of likely N-dealkylation sites (tertiary alicyclic amines) is 1. The lowest BCUT2D eigenvalue weighted by Gasteiger charge is -2.32. The second-order valence-electron chi connectivity index (χ2n) is 6.45. The second-order valence-corrected chi connectivity index (χ2v) is 8.98. The summed E-state index contributed by atoms with van der Waals surface area (Å²) in [5.74, 6) is 0.506. The van der Waals surface area contributed by atoms with E-state index in [-0.39, 0.29) is 6.04 Å². The number of ether oxygens (including phenoxy) is 1. The molecular formula is C19H22Cl2N2O3S. The van der Waals surface area contributed by atoms with Gasteiger partial charge in [-0.05, 0) is 50.2 Å². The van der Waals surface area contributed by atoms with Crippen LogP contribution in [0.4, 0.5) is 0 Å². The zero-order valence-corrected chi connectivity index (χ0v) is 17.1. The summed E-state index contributed by atoms with van der Waals surface area (Å²) in [4.78, 5) is 2.55. The Bertz CT molecular complexity index is 834. The molecule has 1 N–H and O–H groups in total. The third kappa shape index (κ3) is 5.59. The minimum Gasteiger partial charge on any atom is -0.489 e.